The highest BCUT2D eigenvalue weighted by Crippen LogP contribution is 2.27. The summed E-state index contributed by atoms with van der Waals surface area (Å²) in [6.45, 7) is 1.85. The first-order valence-corrected chi connectivity index (χ1v) is 13.1. The van der Waals surface area contributed by atoms with Crippen LogP contribution in [0.15, 0.2) is 42.5 Å². The van der Waals surface area contributed by atoms with Crippen molar-refractivity contribution in [2.45, 2.75) is 63.4 Å². The van der Waals surface area contributed by atoms with Crippen LogP contribution < -0.4 is 5.32 Å². The van der Waals surface area contributed by atoms with Crippen molar-refractivity contribution >= 4 is 46.8 Å². The molecule has 0 radical (unpaired) electrons. The van der Waals surface area contributed by atoms with E-state index in [0.717, 1.165) is 25.7 Å². The summed E-state index contributed by atoms with van der Waals surface area (Å²) >= 11 is 14.0. The van der Waals surface area contributed by atoms with Crippen LogP contribution in [0.5, 0.6) is 0 Å². The van der Waals surface area contributed by atoms with Gasteiger partial charge < -0.3 is 10.2 Å². The standard InChI is InChI=1S/C25H29Cl2FN2O2S/c1-17(25(32)29-19-9-3-2-4-10-19)30(14-20-21(26)11-7-12-22(20)27)24(31)16-33-15-18-8-5-6-13-23(18)28/h5-8,11-13,17,19H,2-4,9-10,14-16H2,1H3,(H,29,32)/t17-/m0/s1. The summed E-state index contributed by atoms with van der Waals surface area (Å²) in [5, 5.41) is 3.99. The van der Waals surface area contributed by atoms with E-state index in [-0.39, 0.29) is 36.0 Å². The fraction of sp³-hybridized carbons (Fsp3) is 0.440. The second kappa shape index (κ2) is 12.6. The molecule has 33 heavy (non-hydrogen) atoms. The number of benzene rings is 2. The van der Waals surface area contributed by atoms with Gasteiger partial charge >= 0.3 is 0 Å². The van der Waals surface area contributed by atoms with Crippen LogP contribution in [0.25, 0.3) is 0 Å². The van der Waals surface area contributed by atoms with Gasteiger partial charge in [0, 0.05) is 33.9 Å². The van der Waals surface area contributed by atoms with E-state index in [9.17, 15) is 14.0 Å². The number of halogens is 3. The Balaban J connectivity index is 1.71. The highest BCUT2D eigenvalue weighted by atomic mass is 35.5. The predicted octanol–water partition coefficient (Wildman–Crippen LogP) is 6.23. The zero-order chi connectivity index (χ0) is 23.8. The molecule has 8 heteroatoms. The van der Waals surface area contributed by atoms with E-state index < -0.39 is 6.04 Å². The van der Waals surface area contributed by atoms with E-state index in [4.69, 9.17) is 23.2 Å². The summed E-state index contributed by atoms with van der Waals surface area (Å²) in [7, 11) is 0. The Morgan fingerprint density at radius 1 is 1.09 bits per heavy atom. The van der Waals surface area contributed by atoms with Crippen LogP contribution in [0.4, 0.5) is 4.39 Å². The fourth-order valence-electron chi connectivity index (χ4n) is 3.95. The van der Waals surface area contributed by atoms with Crippen molar-refractivity contribution in [2.24, 2.45) is 0 Å². The Labute approximate surface area is 209 Å². The SMILES string of the molecule is C[C@@H](C(=O)NC1CCCCC1)N(Cc1c(Cl)cccc1Cl)C(=O)CSCc1ccccc1F. The lowest BCUT2D eigenvalue weighted by Crippen LogP contribution is -2.50. The minimum atomic E-state index is -0.694. The monoisotopic (exact) mass is 510 g/mol. The normalized spacial score (nSPS) is 15.2. The van der Waals surface area contributed by atoms with Gasteiger partial charge in [-0.3, -0.25) is 9.59 Å². The maximum absolute atomic E-state index is 13.9. The number of thioether (sulfide) groups is 1. The molecule has 0 bridgehead atoms. The third kappa shape index (κ3) is 7.36. The summed E-state index contributed by atoms with van der Waals surface area (Å²) < 4.78 is 13.9. The molecule has 1 aliphatic carbocycles. The third-order valence-corrected chi connectivity index (χ3v) is 7.62. The number of hydrogen-bond acceptors (Lipinski definition) is 3. The molecule has 2 amide bonds. The highest BCUT2D eigenvalue weighted by Gasteiger charge is 2.29. The van der Waals surface area contributed by atoms with Crippen molar-refractivity contribution in [2.75, 3.05) is 5.75 Å². The van der Waals surface area contributed by atoms with Crippen molar-refractivity contribution in [3.05, 3.63) is 69.5 Å². The molecule has 1 saturated carbocycles. The number of carbonyl (C=O) groups is 2. The summed E-state index contributed by atoms with van der Waals surface area (Å²) in [6.07, 6.45) is 5.31. The largest absolute Gasteiger partial charge is 0.352 e. The van der Waals surface area contributed by atoms with E-state index in [1.807, 2.05) is 0 Å². The zero-order valence-electron chi connectivity index (χ0n) is 18.7. The minimum Gasteiger partial charge on any atom is -0.352 e. The molecule has 2 aromatic rings. The molecular weight excluding hydrogens is 482 g/mol. The molecule has 1 fully saturated rings. The third-order valence-electron chi connectivity index (χ3n) is 5.95. The Bertz CT molecular complexity index is 949. The van der Waals surface area contributed by atoms with Crippen LogP contribution in [0.2, 0.25) is 10.0 Å². The molecule has 0 spiro atoms. The number of rotatable bonds is 9. The van der Waals surface area contributed by atoms with Gasteiger partial charge in [-0.2, -0.15) is 0 Å². The van der Waals surface area contributed by atoms with Gasteiger partial charge in [-0.15, -0.1) is 11.8 Å². The van der Waals surface area contributed by atoms with Crippen molar-refractivity contribution < 1.29 is 14.0 Å². The summed E-state index contributed by atoms with van der Waals surface area (Å²) in [5.74, 6) is -0.229. The van der Waals surface area contributed by atoms with E-state index in [0.29, 0.717) is 26.9 Å². The van der Waals surface area contributed by atoms with Crippen molar-refractivity contribution in [3.8, 4) is 0 Å². The van der Waals surface area contributed by atoms with Crippen LogP contribution >= 0.6 is 35.0 Å². The summed E-state index contributed by atoms with van der Waals surface area (Å²) in [4.78, 5) is 27.8. The maximum Gasteiger partial charge on any atom is 0.242 e. The molecule has 0 aromatic heterocycles. The van der Waals surface area contributed by atoms with E-state index in [2.05, 4.69) is 5.32 Å². The summed E-state index contributed by atoms with van der Waals surface area (Å²) in [6, 6.07) is 11.1. The first kappa shape index (κ1) is 25.9. The highest BCUT2D eigenvalue weighted by molar-refractivity contribution is 7.99. The molecule has 1 N–H and O–H groups in total. The van der Waals surface area contributed by atoms with Crippen molar-refractivity contribution in [3.63, 3.8) is 0 Å². The lowest BCUT2D eigenvalue weighted by Gasteiger charge is -2.31. The second-order valence-corrected chi connectivity index (χ2v) is 10.1. The van der Waals surface area contributed by atoms with Crippen LogP contribution in [0.3, 0.4) is 0 Å². The molecule has 0 heterocycles. The molecule has 0 unspecified atom stereocenters. The Morgan fingerprint density at radius 3 is 2.42 bits per heavy atom. The lowest BCUT2D eigenvalue weighted by molar-refractivity contribution is -0.139. The number of nitrogens with zero attached hydrogens (tertiary/aromatic N) is 1. The molecule has 0 aliphatic heterocycles. The molecule has 1 aliphatic rings. The van der Waals surface area contributed by atoms with Gasteiger partial charge in [0.05, 0.1) is 5.75 Å². The van der Waals surface area contributed by atoms with Gasteiger partial charge in [-0.1, -0.05) is 66.7 Å². The number of nitrogens with one attached hydrogen (secondary N) is 1. The van der Waals surface area contributed by atoms with Crippen LogP contribution in [0.1, 0.15) is 50.2 Å². The number of hydrogen-bond donors (Lipinski definition) is 1. The first-order chi connectivity index (χ1) is 15.9. The number of carbonyl (C=O) groups excluding carboxylic acids is 2. The molecule has 3 rings (SSSR count). The second-order valence-electron chi connectivity index (χ2n) is 8.33. The van der Waals surface area contributed by atoms with Gasteiger partial charge in [0.1, 0.15) is 11.9 Å². The predicted molar refractivity (Wildman–Crippen MR) is 134 cm³/mol. The van der Waals surface area contributed by atoms with Gasteiger partial charge in [0.25, 0.3) is 0 Å². The van der Waals surface area contributed by atoms with Crippen molar-refractivity contribution in [1.29, 1.82) is 0 Å². The van der Waals surface area contributed by atoms with Gasteiger partial charge in [0.2, 0.25) is 11.8 Å². The fourth-order valence-corrected chi connectivity index (χ4v) is 5.37. The minimum absolute atomic E-state index is 0.109. The molecule has 4 nitrogen and oxygen atoms in total. The van der Waals surface area contributed by atoms with Crippen LogP contribution in [-0.2, 0) is 21.9 Å². The van der Waals surface area contributed by atoms with Crippen LogP contribution in [-0.4, -0.2) is 34.6 Å². The van der Waals surface area contributed by atoms with E-state index in [1.54, 1.807) is 43.3 Å². The molecule has 0 saturated heterocycles. The van der Waals surface area contributed by atoms with Gasteiger partial charge in [0.15, 0.2) is 0 Å². The van der Waals surface area contributed by atoms with Crippen LogP contribution in [0, 0.1) is 5.82 Å². The smallest absolute Gasteiger partial charge is 0.242 e. The van der Waals surface area contributed by atoms with Gasteiger partial charge in [-0.25, -0.2) is 4.39 Å². The zero-order valence-corrected chi connectivity index (χ0v) is 21.0. The Morgan fingerprint density at radius 2 is 1.76 bits per heavy atom. The average molecular weight is 511 g/mol. The molecular formula is C25H29Cl2FN2O2S. The molecule has 1 atom stereocenters. The van der Waals surface area contributed by atoms with Gasteiger partial charge in [-0.05, 0) is 43.5 Å². The Kier molecular flexibility index (Phi) is 9.90. The average Bonchev–Trinajstić information content (AvgIpc) is 2.80. The Hall–Kier alpha value is -1.76. The van der Waals surface area contributed by atoms with E-state index >= 15 is 0 Å². The topological polar surface area (TPSA) is 49.4 Å². The lowest BCUT2D eigenvalue weighted by atomic mass is 9.95. The maximum atomic E-state index is 13.9. The summed E-state index contributed by atoms with van der Waals surface area (Å²) in [5.41, 5.74) is 1.14. The quantitative estimate of drug-likeness (QED) is 0.434. The molecule has 2 aromatic carbocycles. The van der Waals surface area contributed by atoms with E-state index in [1.165, 1.54) is 29.1 Å². The molecule has 178 valence electrons. The number of amides is 2. The van der Waals surface area contributed by atoms with Crippen molar-refractivity contribution in [1.82, 2.24) is 10.2 Å². The first-order valence-electron chi connectivity index (χ1n) is 11.2.